The van der Waals surface area contributed by atoms with Gasteiger partial charge in [-0.2, -0.15) is 0 Å². The van der Waals surface area contributed by atoms with Gasteiger partial charge in [0.1, 0.15) is 22.7 Å². The molecule has 2 unspecified atom stereocenters. The SMILES string of the molecule is [N-]=[N+]=NCC(O)C(O)c1nc(Cl)ccc1O. The zero-order chi connectivity index (χ0) is 12.1. The highest BCUT2D eigenvalue weighted by Crippen LogP contribution is 2.26. The number of hydrogen-bond donors (Lipinski definition) is 3. The van der Waals surface area contributed by atoms with E-state index in [1.807, 2.05) is 0 Å². The Labute approximate surface area is 95.6 Å². The number of aromatic hydroxyl groups is 1. The summed E-state index contributed by atoms with van der Waals surface area (Å²) in [5.74, 6) is -0.295. The van der Waals surface area contributed by atoms with Crippen LogP contribution in [0.3, 0.4) is 0 Å². The molecule has 0 aliphatic rings. The molecule has 0 spiro atoms. The summed E-state index contributed by atoms with van der Waals surface area (Å²) in [7, 11) is 0. The molecule has 3 N–H and O–H groups in total. The first kappa shape index (κ1) is 12.5. The van der Waals surface area contributed by atoms with Crippen molar-refractivity contribution in [1.29, 1.82) is 0 Å². The van der Waals surface area contributed by atoms with Gasteiger partial charge in [-0.3, -0.25) is 0 Å². The fourth-order valence-corrected chi connectivity index (χ4v) is 1.22. The van der Waals surface area contributed by atoms with Crippen molar-refractivity contribution < 1.29 is 15.3 Å². The Balaban J connectivity index is 2.90. The topological polar surface area (TPSA) is 122 Å². The molecule has 1 aromatic rings. The number of azide groups is 1. The van der Waals surface area contributed by atoms with Crippen LogP contribution >= 0.6 is 11.6 Å². The maximum Gasteiger partial charge on any atom is 0.140 e. The number of hydrogen-bond acceptors (Lipinski definition) is 5. The van der Waals surface area contributed by atoms with Gasteiger partial charge in [-0.15, -0.1) is 0 Å². The van der Waals surface area contributed by atoms with E-state index in [-0.39, 0.29) is 23.1 Å². The fraction of sp³-hybridized carbons (Fsp3) is 0.375. The lowest BCUT2D eigenvalue weighted by atomic mass is 10.1. The van der Waals surface area contributed by atoms with Crippen molar-refractivity contribution >= 4 is 11.6 Å². The maximum absolute atomic E-state index is 9.61. The maximum atomic E-state index is 9.61. The number of pyridine rings is 1. The van der Waals surface area contributed by atoms with E-state index >= 15 is 0 Å². The lowest BCUT2D eigenvalue weighted by Crippen LogP contribution is -2.22. The summed E-state index contributed by atoms with van der Waals surface area (Å²) >= 11 is 5.57. The first-order chi connectivity index (χ1) is 7.56. The van der Waals surface area contributed by atoms with Crippen LogP contribution in [0.1, 0.15) is 11.8 Å². The van der Waals surface area contributed by atoms with Gasteiger partial charge in [-0.1, -0.05) is 16.7 Å². The normalized spacial score (nSPS) is 13.9. The van der Waals surface area contributed by atoms with Gasteiger partial charge in [0.2, 0.25) is 0 Å². The van der Waals surface area contributed by atoms with E-state index in [0.29, 0.717) is 0 Å². The standard InChI is InChI=1S/C8H9ClN4O3/c9-6-2-1-4(14)7(12-6)8(16)5(15)3-11-13-10/h1-2,5,8,14-16H,3H2. The predicted octanol–water partition coefficient (Wildman–Crippen LogP) is 1.15. The Bertz CT molecular complexity index is 422. The Morgan fingerprint density at radius 2 is 2.19 bits per heavy atom. The monoisotopic (exact) mass is 244 g/mol. The number of rotatable bonds is 4. The Hall–Kier alpha value is -1.53. The van der Waals surface area contributed by atoms with Crippen molar-refractivity contribution in [1.82, 2.24) is 4.98 Å². The van der Waals surface area contributed by atoms with Crippen LogP contribution in [0.4, 0.5) is 0 Å². The number of aromatic nitrogens is 1. The van der Waals surface area contributed by atoms with Crippen LogP contribution < -0.4 is 0 Å². The molecule has 0 aliphatic carbocycles. The zero-order valence-electron chi connectivity index (χ0n) is 8.02. The minimum Gasteiger partial charge on any atom is -0.506 e. The smallest absolute Gasteiger partial charge is 0.140 e. The lowest BCUT2D eigenvalue weighted by molar-refractivity contribution is 0.0203. The third-order valence-electron chi connectivity index (χ3n) is 1.84. The molecule has 2 atom stereocenters. The number of aliphatic hydroxyl groups is 2. The fourth-order valence-electron chi connectivity index (χ4n) is 1.06. The molecule has 16 heavy (non-hydrogen) atoms. The van der Waals surface area contributed by atoms with E-state index in [2.05, 4.69) is 15.0 Å². The average molecular weight is 245 g/mol. The summed E-state index contributed by atoms with van der Waals surface area (Å²) in [5, 5.41) is 31.6. The van der Waals surface area contributed by atoms with Crippen molar-refractivity contribution in [2.45, 2.75) is 12.2 Å². The van der Waals surface area contributed by atoms with Crippen LogP contribution in [0.5, 0.6) is 5.75 Å². The Morgan fingerprint density at radius 3 is 2.81 bits per heavy atom. The van der Waals surface area contributed by atoms with Crippen LogP contribution in [-0.2, 0) is 0 Å². The molecule has 0 radical (unpaired) electrons. The van der Waals surface area contributed by atoms with Gasteiger partial charge in [0.15, 0.2) is 0 Å². The molecule has 0 fully saturated rings. The Morgan fingerprint density at radius 1 is 1.50 bits per heavy atom. The van der Waals surface area contributed by atoms with E-state index in [4.69, 9.17) is 17.1 Å². The zero-order valence-corrected chi connectivity index (χ0v) is 8.78. The second kappa shape index (κ2) is 5.53. The molecule has 8 heteroatoms. The summed E-state index contributed by atoms with van der Waals surface area (Å²) < 4.78 is 0. The van der Waals surface area contributed by atoms with E-state index in [9.17, 15) is 15.3 Å². The minimum atomic E-state index is -1.47. The van der Waals surface area contributed by atoms with Crippen molar-refractivity contribution in [3.8, 4) is 5.75 Å². The van der Waals surface area contributed by atoms with Crippen molar-refractivity contribution in [2.75, 3.05) is 6.54 Å². The molecule has 0 amide bonds. The number of nitrogens with zero attached hydrogens (tertiary/aromatic N) is 4. The van der Waals surface area contributed by atoms with Crippen LogP contribution in [0.25, 0.3) is 10.4 Å². The quantitative estimate of drug-likeness (QED) is 0.318. The van der Waals surface area contributed by atoms with Crippen LogP contribution in [0.2, 0.25) is 5.15 Å². The third kappa shape index (κ3) is 2.98. The average Bonchev–Trinajstić information content (AvgIpc) is 2.28. The van der Waals surface area contributed by atoms with Gasteiger partial charge in [0, 0.05) is 4.91 Å². The highest BCUT2D eigenvalue weighted by Gasteiger charge is 2.22. The van der Waals surface area contributed by atoms with E-state index in [1.54, 1.807) is 0 Å². The molecule has 0 aromatic carbocycles. The largest absolute Gasteiger partial charge is 0.506 e. The van der Waals surface area contributed by atoms with Gasteiger partial charge >= 0.3 is 0 Å². The van der Waals surface area contributed by atoms with Gasteiger partial charge < -0.3 is 15.3 Å². The summed E-state index contributed by atoms with van der Waals surface area (Å²) in [4.78, 5) is 6.11. The van der Waals surface area contributed by atoms with Crippen molar-refractivity contribution in [2.24, 2.45) is 5.11 Å². The van der Waals surface area contributed by atoms with Crippen molar-refractivity contribution in [3.63, 3.8) is 0 Å². The molecule has 86 valence electrons. The molecular weight excluding hydrogens is 236 g/mol. The first-order valence-corrected chi connectivity index (χ1v) is 4.66. The molecule has 1 rings (SSSR count). The minimum absolute atomic E-state index is 0.0721. The highest BCUT2D eigenvalue weighted by atomic mass is 35.5. The van der Waals surface area contributed by atoms with Gasteiger partial charge in [-0.05, 0) is 17.7 Å². The molecule has 1 aromatic heterocycles. The summed E-state index contributed by atoms with van der Waals surface area (Å²) in [6.07, 6.45) is -2.82. The molecule has 0 saturated carbocycles. The number of halogens is 1. The molecule has 0 bridgehead atoms. The van der Waals surface area contributed by atoms with Crippen LogP contribution in [0.15, 0.2) is 17.2 Å². The van der Waals surface area contributed by atoms with Crippen LogP contribution in [-0.4, -0.2) is 33.0 Å². The third-order valence-corrected chi connectivity index (χ3v) is 2.06. The predicted molar refractivity (Wildman–Crippen MR) is 55.9 cm³/mol. The first-order valence-electron chi connectivity index (χ1n) is 4.28. The highest BCUT2D eigenvalue weighted by molar-refractivity contribution is 6.29. The van der Waals surface area contributed by atoms with E-state index in [0.717, 1.165) is 0 Å². The molecule has 0 aliphatic heterocycles. The summed E-state index contributed by atoms with van der Waals surface area (Å²) in [6.45, 7) is -0.328. The lowest BCUT2D eigenvalue weighted by Gasteiger charge is -2.16. The molecule has 1 heterocycles. The van der Waals surface area contributed by atoms with E-state index in [1.165, 1.54) is 12.1 Å². The van der Waals surface area contributed by atoms with Gasteiger partial charge in [0.25, 0.3) is 0 Å². The number of aliphatic hydroxyl groups excluding tert-OH is 2. The Kier molecular flexibility index (Phi) is 4.33. The second-order valence-electron chi connectivity index (χ2n) is 2.96. The molecular formula is C8H9ClN4O3. The van der Waals surface area contributed by atoms with Gasteiger partial charge in [-0.25, -0.2) is 4.98 Å². The van der Waals surface area contributed by atoms with Gasteiger partial charge in [0.05, 0.1) is 12.6 Å². The second-order valence-corrected chi connectivity index (χ2v) is 3.35. The summed E-state index contributed by atoms with van der Waals surface area (Å²) in [6, 6.07) is 2.58. The van der Waals surface area contributed by atoms with Crippen molar-refractivity contribution in [3.05, 3.63) is 33.4 Å². The summed E-state index contributed by atoms with van der Waals surface area (Å²) in [5.41, 5.74) is 7.89. The molecule has 7 nitrogen and oxygen atoms in total. The molecule has 0 saturated heterocycles. The van der Waals surface area contributed by atoms with E-state index < -0.39 is 12.2 Å². The van der Waals surface area contributed by atoms with Crippen LogP contribution in [0, 0.1) is 0 Å².